The number of hydrogen-bond acceptors (Lipinski definition) is 4. The highest BCUT2D eigenvalue weighted by Gasteiger charge is 2.33. The third kappa shape index (κ3) is 6.53. The highest BCUT2D eigenvalue weighted by molar-refractivity contribution is 9.10. The van der Waals surface area contributed by atoms with Crippen LogP contribution in [0.4, 0.5) is 17.6 Å². The number of carbonyl (C=O) groups is 2. The number of imidazole rings is 1. The number of fused-ring (bicyclic) bond motifs is 1. The molecule has 1 atom stereocenters. The first-order valence-electron chi connectivity index (χ1n) is 13.3. The third-order valence-corrected chi connectivity index (χ3v) is 8.30. The van der Waals surface area contributed by atoms with E-state index in [9.17, 15) is 31.9 Å². The van der Waals surface area contributed by atoms with Crippen LogP contribution >= 0.6 is 27.5 Å². The summed E-state index contributed by atoms with van der Waals surface area (Å²) >= 11 is 9.48. The third-order valence-electron chi connectivity index (χ3n) is 7.06. The molecule has 4 aromatic rings. The molecule has 0 fully saturated rings. The normalized spacial score (nSPS) is 13.8. The standard InChI is InChI=1S/C30H24BrClF4N4O4/c1-17(21-4-2-3-5-24(21)33)37-27(41)26-25-15-38(28(42)18-6-11-22(31)23(32)14-18)12-13-39(25)29(43)40(26)19-7-9-20(10-8-19)44-16-30(34,35)36/h2-11,14,17H,12-13,15-16H2,1H3,(H,37,41)/t17-/m1/s1. The second kappa shape index (κ2) is 12.5. The van der Waals surface area contributed by atoms with Crippen LogP contribution in [0.25, 0.3) is 5.69 Å². The van der Waals surface area contributed by atoms with Crippen LogP contribution in [0.5, 0.6) is 5.75 Å². The van der Waals surface area contributed by atoms with Crippen molar-refractivity contribution in [2.45, 2.75) is 32.2 Å². The van der Waals surface area contributed by atoms with E-state index in [0.717, 1.165) is 4.57 Å². The molecule has 0 spiro atoms. The molecule has 1 aliphatic heterocycles. The Hall–Kier alpha value is -4.10. The molecule has 0 radical (unpaired) electrons. The summed E-state index contributed by atoms with van der Waals surface area (Å²) in [7, 11) is 0. The summed E-state index contributed by atoms with van der Waals surface area (Å²) in [4.78, 5) is 42.4. The van der Waals surface area contributed by atoms with E-state index in [-0.39, 0.29) is 53.9 Å². The van der Waals surface area contributed by atoms with Gasteiger partial charge in [0.05, 0.1) is 29.0 Å². The van der Waals surface area contributed by atoms with Gasteiger partial charge >= 0.3 is 11.9 Å². The average molecular weight is 696 g/mol. The van der Waals surface area contributed by atoms with Crippen LogP contribution in [-0.4, -0.2) is 45.2 Å². The lowest BCUT2D eigenvalue weighted by Crippen LogP contribution is -2.41. The molecule has 230 valence electrons. The summed E-state index contributed by atoms with van der Waals surface area (Å²) < 4.78 is 60.2. The Morgan fingerprint density at radius 1 is 1.07 bits per heavy atom. The molecule has 0 bridgehead atoms. The van der Waals surface area contributed by atoms with Gasteiger partial charge in [0.15, 0.2) is 6.61 Å². The van der Waals surface area contributed by atoms with Gasteiger partial charge in [0.1, 0.15) is 17.3 Å². The van der Waals surface area contributed by atoms with Crippen molar-refractivity contribution in [1.29, 1.82) is 0 Å². The Bertz CT molecular complexity index is 1790. The minimum atomic E-state index is -4.54. The van der Waals surface area contributed by atoms with Gasteiger partial charge in [-0.3, -0.25) is 18.7 Å². The summed E-state index contributed by atoms with van der Waals surface area (Å²) in [6.07, 6.45) is -4.54. The maximum Gasteiger partial charge on any atom is 0.422 e. The number of carbonyl (C=O) groups excluding carboxylic acids is 2. The van der Waals surface area contributed by atoms with E-state index in [2.05, 4.69) is 21.2 Å². The van der Waals surface area contributed by atoms with E-state index in [1.54, 1.807) is 25.1 Å². The molecule has 44 heavy (non-hydrogen) atoms. The topological polar surface area (TPSA) is 85.6 Å². The maximum atomic E-state index is 14.5. The van der Waals surface area contributed by atoms with Gasteiger partial charge in [0.2, 0.25) is 0 Å². The van der Waals surface area contributed by atoms with Gasteiger partial charge in [-0.15, -0.1) is 0 Å². The zero-order valence-corrected chi connectivity index (χ0v) is 25.3. The fourth-order valence-corrected chi connectivity index (χ4v) is 5.37. The van der Waals surface area contributed by atoms with Gasteiger partial charge in [0.25, 0.3) is 11.8 Å². The second-order valence-electron chi connectivity index (χ2n) is 10.0. The number of alkyl halides is 3. The number of amides is 2. The highest BCUT2D eigenvalue weighted by Crippen LogP contribution is 2.27. The summed E-state index contributed by atoms with van der Waals surface area (Å²) in [5, 5.41) is 3.07. The molecule has 2 heterocycles. The summed E-state index contributed by atoms with van der Waals surface area (Å²) in [5.74, 6) is -1.71. The Balaban J connectivity index is 1.53. The van der Waals surface area contributed by atoms with Crippen LogP contribution in [-0.2, 0) is 13.1 Å². The molecule has 14 heteroatoms. The molecule has 0 unspecified atom stereocenters. The largest absolute Gasteiger partial charge is 0.484 e. The first kappa shape index (κ1) is 31.3. The number of halogens is 6. The molecule has 8 nitrogen and oxygen atoms in total. The number of ether oxygens (including phenoxy) is 1. The van der Waals surface area contributed by atoms with Crippen molar-refractivity contribution in [3.63, 3.8) is 0 Å². The second-order valence-corrected chi connectivity index (χ2v) is 11.3. The van der Waals surface area contributed by atoms with Crippen molar-refractivity contribution in [2.24, 2.45) is 0 Å². The molecule has 1 aromatic heterocycles. The summed E-state index contributed by atoms with van der Waals surface area (Å²) in [5.41, 5.74) is 0.242. The SMILES string of the molecule is C[C@@H](NC(=O)c1c2n(c(=O)n1-c1ccc(OCC(F)(F)F)cc1)CCN(C(=O)c1ccc(Br)c(Cl)c1)C2)c1ccccc1F. The van der Waals surface area contributed by atoms with Gasteiger partial charge in [-0.2, -0.15) is 13.2 Å². The van der Waals surface area contributed by atoms with Gasteiger partial charge in [0, 0.05) is 28.7 Å². The van der Waals surface area contributed by atoms with Crippen molar-refractivity contribution in [3.05, 3.63) is 115 Å². The predicted octanol–water partition coefficient (Wildman–Crippen LogP) is 6.28. The molecule has 2 amide bonds. The van der Waals surface area contributed by atoms with Crippen molar-refractivity contribution in [1.82, 2.24) is 19.4 Å². The quantitative estimate of drug-likeness (QED) is 0.231. The molecule has 0 saturated heterocycles. The van der Waals surface area contributed by atoms with Crippen molar-refractivity contribution < 1.29 is 31.9 Å². The number of rotatable bonds is 7. The lowest BCUT2D eigenvalue weighted by molar-refractivity contribution is -0.153. The molecule has 0 saturated carbocycles. The molecular weight excluding hydrogens is 672 g/mol. The van der Waals surface area contributed by atoms with Crippen molar-refractivity contribution >= 4 is 39.3 Å². The van der Waals surface area contributed by atoms with E-state index < -0.39 is 36.2 Å². The van der Waals surface area contributed by atoms with Crippen LogP contribution < -0.4 is 15.7 Å². The Kier molecular flexibility index (Phi) is 8.89. The number of benzene rings is 3. The molecule has 3 aromatic carbocycles. The summed E-state index contributed by atoms with van der Waals surface area (Å²) in [6.45, 7) is 0.189. The van der Waals surface area contributed by atoms with Crippen LogP contribution in [0.15, 0.2) is 76.0 Å². The lowest BCUT2D eigenvalue weighted by atomic mass is 10.1. The van der Waals surface area contributed by atoms with Crippen LogP contribution in [0.3, 0.4) is 0 Å². The predicted molar refractivity (Wildman–Crippen MR) is 158 cm³/mol. The number of nitrogens with zero attached hydrogens (tertiary/aromatic N) is 3. The van der Waals surface area contributed by atoms with Crippen LogP contribution in [0, 0.1) is 5.82 Å². The molecular formula is C30H24BrClF4N4O4. The Morgan fingerprint density at radius 3 is 2.43 bits per heavy atom. The van der Waals surface area contributed by atoms with E-state index in [4.69, 9.17) is 16.3 Å². The lowest BCUT2D eigenvalue weighted by Gasteiger charge is -2.28. The van der Waals surface area contributed by atoms with Gasteiger partial charge < -0.3 is 15.0 Å². The number of aromatic nitrogens is 2. The fourth-order valence-electron chi connectivity index (χ4n) is 4.94. The smallest absolute Gasteiger partial charge is 0.422 e. The zero-order chi connectivity index (χ0) is 31.8. The van der Waals surface area contributed by atoms with Crippen molar-refractivity contribution in [3.8, 4) is 11.4 Å². The van der Waals surface area contributed by atoms with Crippen molar-refractivity contribution in [2.75, 3.05) is 13.2 Å². The van der Waals surface area contributed by atoms with E-state index in [1.807, 2.05) is 0 Å². The van der Waals surface area contributed by atoms with E-state index in [1.165, 1.54) is 58.0 Å². The molecule has 0 aliphatic carbocycles. The number of hydrogen-bond donors (Lipinski definition) is 1. The zero-order valence-electron chi connectivity index (χ0n) is 23.0. The van der Waals surface area contributed by atoms with E-state index >= 15 is 0 Å². The van der Waals surface area contributed by atoms with Crippen LogP contribution in [0.1, 0.15) is 45.1 Å². The Morgan fingerprint density at radius 2 is 1.77 bits per heavy atom. The first-order chi connectivity index (χ1) is 20.8. The monoisotopic (exact) mass is 694 g/mol. The highest BCUT2D eigenvalue weighted by atomic mass is 79.9. The molecule has 1 N–H and O–H groups in total. The number of nitrogens with one attached hydrogen (secondary N) is 1. The minimum Gasteiger partial charge on any atom is -0.484 e. The van der Waals surface area contributed by atoms with Gasteiger partial charge in [-0.25, -0.2) is 9.18 Å². The average Bonchev–Trinajstić information content (AvgIpc) is 3.28. The molecule has 5 rings (SSSR count). The first-order valence-corrected chi connectivity index (χ1v) is 14.4. The fraction of sp³-hybridized carbons (Fsp3) is 0.233. The maximum absolute atomic E-state index is 14.5. The minimum absolute atomic E-state index is 0.0626. The van der Waals surface area contributed by atoms with Crippen LogP contribution in [0.2, 0.25) is 5.02 Å². The Labute approximate surface area is 261 Å². The van der Waals surface area contributed by atoms with Gasteiger partial charge in [-0.1, -0.05) is 29.8 Å². The molecule has 1 aliphatic rings. The summed E-state index contributed by atoms with van der Waals surface area (Å²) in [6, 6.07) is 15.1. The van der Waals surface area contributed by atoms with Gasteiger partial charge in [-0.05, 0) is 71.4 Å². The van der Waals surface area contributed by atoms with E-state index in [0.29, 0.717) is 15.1 Å².